The van der Waals surface area contributed by atoms with Crippen LogP contribution < -0.4 is 0 Å². The van der Waals surface area contributed by atoms with Crippen LogP contribution in [0.2, 0.25) is 0 Å². The average molecular weight is 324 g/mol. The largest absolute Gasteiger partial charge is 0.307 e. The lowest BCUT2D eigenvalue weighted by molar-refractivity contribution is 0.843. The van der Waals surface area contributed by atoms with Crippen molar-refractivity contribution in [2.45, 2.75) is 31.7 Å². The highest BCUT2D eigenvalue weighted by Gasteiger charge is 2.09. The summed E-state index contributed by atoms with van der Waals surface area (Å²) in [5.74, 6) is 1.38. The molecule has 0 aliphatic carbocycles. The van der Waals surface area contributed by atoms with Gasteiger partial charge in [0.1, 0.15) is 5.65 Å². The minimum Gasteiger partial charge on any atom is -0.307 e. The maximum atomic E-state index is 4.62. The topological polar surface area (TPSA) is 60.4 Å². The molecule has 0 amide bonds. The van der Waals surface area contributed by atoms with Gasteiger partial charge in [0.25, 0.3) is 5.78 Å². The van der Waals surface area contributed by atoms with Gasteiger partial charge in [0.2, 0.25) is 5.16 Å². The van der Waals surface area contributed by atoms with Crippen LogP contribution in [0.3, 0.4) is 0 Å². The first-order valence-electron chi connectivity index (χ1n) is 7.36. The summed E-state index contributed by atoms with van der Waals surface area (Å²) >= 11 is 1.57. The van der Waals surface area contributed by atoms with E-state index in [0.29, 0.717) is 5.78 Å². The standard InChI is InChI=1S/C16H16N6S/c1-10-4-5-14-18-13(8-21(14)7-10)9-23-16-19-15-17-11(2)6-12(3)22(15)20-16/h4-8H,9H2,1-3H3. The number of aromatic nitrogens is 6. The lowest BCUT2D eigenvalue weighted by Crippen LogP contribution is -1.97. The summed E-state index contributed by atoms with van der Waals surface area (Å²) in [6, 6.07) is 6.10. The maximum Gasteiger partial charge on any atom is 0.253 e. The Labute approximate surface area is 137 Å². The van der Waals surface area contributed by atoms with E-state index in [9.17, 15) is 0 Å². The molecule has 0 aromatic carbocycles. The minimum atomic E-state index is 0.649. The molecule has 0 spiro atoms. The van der Waals surface area contributed by atoms with Crippen molar-refractivity contribution in [3.8, 4) is 0 Å². The predicted octanol–water partition coefficient (Wildman–Crippen LogP) is 2.99. The molecule has 0 bridgehead atoms. The van der Waals surface area contributed by atoms with Crippen LogP contribution in [-0.2, 0) is 5.75 Å². The molecule has 4 aromatic heterocycles. The Morgan fingerprint density at radius 3 is 2.78 bits per heavy atom. The monoisotopic (exact) mass is 324 g/mol. The van der Waals surface area contributed by atoms with E-state index in [1.54, 1.807) is 16.3 Å². The van der Waals surface area contributed by atoms with Gasteiger partial charge in [-0.05, 0) is 38.5 Å². The van der Waals surface area contributed by atoms with Gasteiger partial charge in [-0.15, -0.1) is 5.10 Å². The van der Waals surface area contributed by atoms with Gasteiger partial charge in [0.05, 0.1) is 5.69 Å². The molecule has 0 aliphatic heterocycles. The van der Waals surface area contributed by atoms with Crippen molar-refractivity contribution in [1.29, 1.82) is 0 Å². The Hall–Kier alpha value is -2.41. The first-order valence-corrected chi connectivity index (χ1v) is 8.35. The highest BCUT2D eigenvalue weighted by molar-refractivity contribution is 7.98. The number of hydrogen-bond acceptors (Lipinski definition) is 5. The Kier molecular flexibility index (Phi) is 3.30. The molecule has 7 heteroatoms. The summed E-state index contributed by atoms with van der Waals surface area (Å²) < 4.78 is 3.83. The van der Waals surface area contributed by atoms with Crippen LogP contribution >= 0.6 is 11.8 Å². The molecule has 116 valence electrons. The predicted molar refractivity (Wildman–Crippen MR) is 89.7 cm³/mol. The van der Waals surface area contributed by atoms with Crippen molar-refractivity contribution in [2.24, 2.45) is 0 Å². The maximum absolute atomic E-state index is 4.62. The molecule has 0 atom stereocenters. The van der Waals surface area contributed by atoms with E-state index in [2.05, 4.69) is 49.8 Å². The second kappa shape index (κ2) is 5.34. The second-order valence-electron chi connectivity index (χ2n) is 5.64. The molecular weight excluding hydrogens is 308 g/mol. The fourth-order valence-corrected chi connectivity index (χ4v) is 3.27. The Morgan fingerprint density at radius 1 is 1.04 bits per heavy atom. The molecule has 0 N–H and O–H groups in total. The van der Waals surface area contributed by atoms with Gasteiger partial charge in [0, 0.05) is 29.5 Å². The van der Waals surface area contributed by atoms with Crippen molar-refractivity contribution in [3.63, 3.8) is 0 Å². The molecule has 0 unspecified atom stereocenters. The lowest BCUT2D eigenvalue weighted by Gasteiger charge is -1.97. The van der Waals surface area contributed by atoms with E-state index in [-0.39, 0.29) is 0 Å². The zero-order valence-electron chi connectivity index (χ0n) is 13.2. The zero-order chi connectivity index (χ0) is 16.0. The van der Waals surface area contributed by atoms with E-state index in [4.69, 9.17) is 0 Å². The van der Waals surface area contributed by atoms with Crippen LogP contribution in [0, 0.1) is 20.8 Å². The number of pyridine rings is 1. The van der Waals surface area contributed by atoms with Gasteiger partial charge in [-0.25, -0.2) is 14.5 Å². The van der Waals surface area contributed by atoms with Crippen molar-refractivity contribution in [3.05, 3.63) is 53.2 Å². The number of fused-ring (bicyclic) bond motifs is 2. The van der Waals surface area contributed by atoms with Crippen molar-refractivity contribution >= 4 is 23.2 Å². The van der Waals surface area contributed by atoms with E-state index in [1.807, 2.05) is 26.0 Å². The van der Waals surface area contributed by atoms with Gasteiger partial charge in [-0.3, -0.25) is 0 Å². The molecule has 0 saturated heterocycles. The summed E-state index contributed by atoms with van der Waals surface area (Å²) in [6.07, 6.45) is 4.13. The molecule has 0 saturated carbocycles. The first kappa shape index (κ1) is 14.2. The van der Waals surface area contributed by atoms with Crippen molar-refractivity contribution < 1.29 is 0 Å². The third-order valence-electron chi connectivity index (χ3n) is 3.60. The summed E-state index contributed by atoms with van der Waals surface area (Å²) in [4.78, 5) is 13.5. The number of rotatable bonds is 3. The number of thioether (sulfide) groups is 1. The fourth-order valence-electron chi connectivity index (χ4n) is 2.57. The highest BCUT2D eigenvalue weighted by Crippen LogP contribution is 2.20. The number of aryl methyl sites for hydroxylation is 3. The fraction of sp³-hybridized carbons (Fsp3) is 0.250. The minimum absolute atomic E-state index is 0.649. The van der Waals surface area contributed by atoms with Crippen LogP contribution in [0.15, 0.2) is 35.7 Å². The van der Waals surface area contributed by atoms with Gasteiger partial charge >= 0.3 is 0 Å². The molecule has 4 heterocycles. The molecule has 0 radical (unpaired) electrons. The van der Waals surface area contributed by atoms with Gasteiger partial charge in [0.15, 0.2) is 0 Å². The van der Waals surface area contributed by atoms with Crippen LogP contribution in [-0.4, -0.2) is 29.0 Å². The molecule has 23 heavy (non-hydrogen) atoms. The van der Waals surface area contributed by atoms with E-state index < -0.39 is 0 Å². The second-order valence-corrected chi connectivity index (χ2v) is 6.58. The van der Waals surface area contributed by atoms with Crippen molar-refractivity contribution in [1.82, 2.24) is 29.0 Å². The summed E-state index contributed by atoms with van der Waals surface area (Å²) in [5.41, 5.74) is 5.18. The molecule has 4 aromatic rings. The van der Waals surface area contributed by atoms with Crippen LogP contribution in [0.5, 0.6) is 0 Å². The normalized spacial score (nSPS) is 11.6. The molecule has 6 nitrogen and oxygen atoms in total. The quantitative estimate of drug-likeness (QED) is 0.542. The third kappa shape index (κ3) is 2.68. The summed E-state index contributed by atoms with van der Waals surface area (Å²) in [5, 5.41) is 5.23. The summed E-state index contributed by atoms with van der Waals surface area (Å²) in [6.45, 7) is 6.05. The zero-order valence-corrected chi connectivity index (χ0v) is 14.0. The van der Waals surface area contributed by atoms with E-state index in [1.165, 1.54) is 5.56 Å². The smallest absolute Gasteiger partial charge is 0.253 e. The van der Waals surface area contributed by atoms with Crippen LogP contribution in [0.4, 0.5) is 0 Å². The van der Waals surface area contributed by atoms with Gasteiger partial charge < -0.3 is 4.40 Å². The van der Waals surface area contributed by atoms with Crippen molar-refractivity contribution in [2.75, 3.05) is 0 Å². The molecular formula is C16H16N6S. The van der Waals surface area contributed by atoms with Gasteiger partial charge in [-0.1, -0.05) is 17.8 Å². The number of nitrogens with zero attached hydrogens (tertiary/aromatic N) is 6. The van der Waals surface area contributed by atoms with Crippen LogP contribution in [0.25, 0.3) is 11.4 Å². The van der Waals surface area contributed by atoms with E-state index in [0.717, 1.165) is 33.6 Å². The third-order valence-corrected chi connectivity index (χ3v) is 4.47. The first-order chi connectivity index (χ1) is 11.1. The number of imidazole rings is 1. The highest BCUT2D eigenvalue weighted by atomic mass is 32.2. The summed E-state index contributed by atoms with van der Waals surface area (Å²) in [7, 11) is 0. The Balaban J connectivity index is 1.59. The van der Waals surface area contributed by atoms with Crippen LogP contribution in [0.1, 0.15) is 22.6 Å². The Bertz CT molecular complexity index is 1020. The Morgan fingerprint density at radius 2 is 1.91 bits per heavy atom. The molecule has 0 aliphatic rings. The van der Waals surface area contributed by atoms with E-state index >= 15 is 0 Å². The molecule has 4 rings (SSSR count). The van der Waals surface area contributed by atoms with Gasteiger partial charge in [-0.2, -0.15) is 4.98 Å². The lowest BCUT2D eigenvalue weighted by atomic mass is 10.3. The molecule has 0 fully saturated rings. The number of hydrogen-bond donors (Lipinski definition) is 0. The average Bonchev–Trinajstić information content (AvgIpc) is 3.07. The SMILES string of the molecule is Cc1ccc2nc(CSc3nc4nc(C)cc(C)n4n3)cn2c1.